The van der Waals surface area contributed by atoms with Gasteiger partial charge in [0.2, 0.25) is 0 Å². The summed E-state index contributed by atoms with van der Waals surface area (Å²) in [4.78, 5) is 0. The summed E-state index contributed by atoms with van der Waals surface area (Å²) in [6.45, 7) is 0. The molecule has 0 radical (unpaired) electrons. The Morgan fingerprint density at radius 2 is 0.952 bits per heavy atom. The fourth-order valence-electron chi connectivity index (χ4n) is 2.47. The molecule has 0 aliphatic rings. The lowest BCUT2D eigenvalue weighted by molar-refractivity contribution is 0.514. The average Bonchev–Trinajstić information content (AvgIpc) is 2.47. The molecule has 0 bridgehead atoms. The summed E-state index contributed by atoms with van der Waals surface area (Å²) in [5, 5.41) is 0. The molecule has 0 aromatic heterocycles. The van der Waals surface area contributed by atoms with Crippen molar-refractivity contribution in [1.29, 1.82) is 0 Å². The third-order valence-corrected chi connectivity index (χ3v) is 3.59. The Morgan fingerprint density at radius 3 is 1.29 bits per heavy atom. The van der Waals surface area contributed by atoms with Gasteiger partial charge in [-0.1, -0.05) is 68.1 Å². The zero-order valence-electron chi connectivity index (χ0n) is 11.9. The lowest BCUT2D eigenvalue weighted by Crippen LogP contribution is -2.29. The smallest absolute Gasteiger partial charge is 0.00799 e. The van der Waals surface area contributed by atoms with Crippen LogP contribution in [0.3, 0.4) is 0 Å². The van der Waals surface area contributed by atoms with Gasteiger partial charge >= 0.3 is 0 Å². The van der Waals surface area contributed by atoms with Crippen molar-refractivity contribution in [2.75, 3.05) is 0 Å². The van der Waals surface area contributed by atoms with Crippen molar-refractivity contribution in [2.45, 2.75) is 45.2 Å². The van der Waals surface area contributed by atoms with Crippen LogP contribution in [0.1, 0.15) is 31.4 Å². The number of rotatable bonds is 7. The topological polar surface area (TPSA) is 52.0 Å². The molecule has 0 saturated carbocycles. The van der Waals surface area contributed by atoms with Crippen molar-refractivity contribution in [3.8, 4) is 0 Å². The Morgan fingerprint density at radius 1 is 0.619 bits per heavy atom. The molecule has 0 aliphatic carbocycles. The molecule has 2 rings (SSSR count). The molecule has 2 heteroatoms. The van der Waals surface area contributed by atoms with Gasteiger partial charge in [0.15, 0.2) is 0 Å². The second-order valence-electron chi connectivity index (χ2n) is 5.48. The van der Waals surface area contributed by atoms with Crippen LogP contribution in [0, 0.1) is 0 Å². The zero-order chi connectivity index (χ0) is 14.2. The summed E-state index contributed by atoms with van der Waals surface area (Å²) in [6.07, 6.45) is 3.81. The molecular weight excluding hydrogens is 256 g/mol. The predicted molar refractivity (Wildman–Crippen MR) is 92.2 cm³/mol. The molecule has 0 aliphatic heterocycles. The third kappa shape index (κ3) is 6.56. The molecule has 4 N–H and O–H groups in total. The predicted octanol–water partition coefficient (Wildman–Crippen LogP) is 3.54. The summed E-state index contributed by atoms with van der Waals surface area (Å²) in [7, 11) is 0. The first-order valence-electron chi connectivity index (χ1n) is 7.33. The summed E-state index contributed by atoms with van der Waals surface area (Å²) in [5.41, 5.74) is 15.0. The van der Waals surface area contributed by atoms with Gasteiger partial charge in [0, 0.05) is 12.1 Å². The Hall–Kier alpha value is -1.64. The van der Waals surface area contributed by atoms with E-state index in [0.717, 1.165) is 25.7 Å². The van der Waals surface area contributed by atoms with Gasteiger partial charge in [0.1, 0.15) is 0 Å². The Bertz CT molecular complexity index is 434. The highest BCUT2D eigenvalue weighted by Crippen LogP contribution is 2.10. The molecule has 0 heterocycles. The van der Waals surface area contributed by atoms with E-state index in [4.69, 9.17) is 11.5 Å². The molecule has 0 unspecified atom stereocenters. The second-order valence-corrected chi connectivity index (χ2v) is 5.48. The van der Waals surface area contributed by atoms with Crippen molar-refractivity contribution in [1.82, 2.24) is 0 Å². The first-order chi connectivity index (χ1) is 9.74. The van der Waals surface area contributed by atoms with E-state index in [-0.39, 0.29) is 19.5 Å². The SMILES string of the molecule is C.N[C@H](CC[C@@H](N)Cc1ccccc1)Cc1ccccc1. The molecule has 2 nitrogen and oxygen atoms in total. The number of nitrogens with two attached hydrogens (primary N) is 2. The summed E-state index contributed by atoms with van der Waals surface area (Å²) >= 11 is 0. The van der Waals surface area contributed by atoms with Crippen LogP contribution in [0.15, 0.2) is 60.7 Å². The normalized spacial score (nSPS) is 13.2. The first-order valence-corrected chi connectivity index (χ1v) is 7.33. The van der Waals surface area contributed by atoms with E-state index in [0.29, 0.717) is 0 Å². The molecule has 114 valence electrons. The van der Waals surface area contributed by atoms with Gasteiger partial charge in [0.05, 0.1) is 0 Å². The number of hydrogen-bond donors (Lipinski definition) is 2. The van der Waals surface area contributed by atoms with E-state index in [9.17, 15) is 0 Å². The van der Waals surface area contributed by atoms with Gasteiger partial charge in [-0.3, -0.25) is 0 Å². The van der Waals surface area contributed by atoms with Crippen LogP contribution in [-0.4, -0.2) is 12.1 Å². The van der Waals surface area contributed by atoms with Gasteiger partial charge in [-0.25, -0.2) is 0 Å². The van der Waals surface area contributed by atoms with E-state index < -0.39 is 0 Å². The van der Waals surface area contributed by atoms with Gasteiger partial charge in [-0.2, -0.15) is 0 Å². The van der Waals surface area contributed by atoms with Crippen LogP contribution < -0.4 is 11.5 Å². The van der Waals surface area contributed by atoms with Crippen molar-refractivity contribution >= 4 is 0 Å². The number of hydrogen-bond acceptors (Lipinski definition) is 2. The van der Waals surface area contributed by atoms with Crippen LogP contribution in [0.25, 0.3) is 0 Å². The minimum Gasteiger partial charge on any atom is -0.327 e. The lowest BCUT2D eigenvalue weighted by atomic mass is 9.97. The molecule has 0 amide bonds. The van der Waals surface area contributed by atoms with E-state index in [1.807, 2.05) is 12.1 Å². The quantitative estimate of drug-likeness (QED) is 0.817. The highest BCUT2D eigenvalue weighted by Gasteiger charge is 2.08. The molecule has 2 atom stereocenters. The van der Waals surface area contributed by atoms with Crippen LogP contribution in [0.5, 0.6) is 0 Å². The monoisotopic (exact) mass is 284 g/mol. The van der Waals surface area contributed by atoms with Crippen LogP contribution in [0.2, 0.25) is 0 Å². The minimum absolute atomic E-state index is 0. The fraction of sp³-hybridized carbons (Fsp3) is 0.368. The van der Waals surface area contributed by atoms with E-state index in [2.05, 4.69) is 48.5 Å². The molecule has 2 aromatic carbocycles. The first kappa shape index (κ1) is 17.4. The highest BCUT2D eigenvalue weighted by molar-refractivity contribution is 5.16. The fourth-order valence-corrected chi connectivity index (χ4v) is 2.47. The molecule has 0 fully saturated rings. The van der Waals surface area contributed by atoms with Crippen molar-refractivity contribution in [3.05, 3.63) is 71.8 Å². The Labute approximate surface area is 129 Å². The maximum absolute atomic E-state index is 6.19. The van der Waals surface area contributed by atoms with Crippen molar-refractivity contribution in [3.63, 3.8) is 0 Å². The molecule has 21 heavy (non-hydrogen) atoms. The zero-order valence-corrected chi connectivity index (χ0v) is 11.9. The third-order valence-electron chi connectivity index (χ3n) is 3.59. The van der Waals surface area contributed by atoms with E-state index in [1.165, 1.54) is 11.1 Å². The van der Waals surface area contributed by atoms with Gasteiger partial charge < -0.3 is 11.5 Å². The molecule has 0 spiro atoms. The van der Waals surface area contributed by atoms with Crippen LogP contribution in [0.4, 0.5) is 0 Å². The van der Waals surface area contributed by atoms with E-state index >= 15 is 0 Å². The Kier molecular flexibility index (Phi) is 7.73. The van der Waals surface area contributed by atoms with Crippen LogP contribution in [-0.2, 0) is 12.8 Å². The molecule has 2 aromatic rings. The summed E-state index contributed by atoms with van der Waals surface area (Å²) in [5.74, 6) is 0. The van der Waals surface area contributed by atoms with Crippen LogP contribution >= 0.6 is 0 Å². The second kappa shape index (κ2) is 9.32. The van der Waals surface area contributed by atoms with Crippen molar-refractivity contribution < 1.29 is 0 Å². The van der Waals surface area contributed by atoms with Gasteiger partial charge in [0.25, 0.3) is 0 Å². The molecular formula is C19H28N2. The minimum atomic E-state index is 0. The maximum atomic E-state index is 6.19. The lowest BCUT2D eigenvalue weighted by Gasteiger charge is -2.16. The van der Waals surface area contributed by atoms with Gasteiger partial charge in [-0.05, 0) is 36.8 Å². The highest BCUT2D eigenvalue weighted by atomic mass is 14.7. The standard InChI is InChI=1S/C18H24N2.CH4/c19-17(13-15-7-3-1-4-8-15)11-12-18(20)14-16-9-5-2-6-10-16;/h1-10,17-18H,11-14,19-20H2;1H4/t17-,18-;/m1./s1. The van der Waals surface area contributed by atoms with Gasteiger partial charge in [-0.15, -0.1) is 0 Å². The van der Waals surface area contributed by atoms with E-state index in [1.54, 1.807) is 0 Å². The average molecular weight is 284 g/mol. The summed E-state index contributed by atoms with van der Waals surface area (Å²) < 4.78 is 0. The van der Waals surface area contributed by atoms with Crippen molar-refractivity contribution in [2.24, 2.45) is 11.5 Å². The Balaban J connectivity index is 0.00000220. The maximum Gasteiger partial charge on any atom is 0.00799 e. The molecule has 0 saturated heterocycles. The summed E-state index contributed by atoms with van der Waals surface area (Å²) in [6, 6.07) is 21.2. The largest absolute Gasteiger partial charge is 0.327 e. The number of benzene rings is 2.